The van der Waals surface area contributed by atoms with Crippen LogP contribution >= 0.6 is 11.8 Å². The van der Waals surface area contributed by atoms with Gasteiger partial charge in [0.15, 0.2) is 0 Å². The first-order valence-corrected chi connectivity index (χ1v) is 4.73. The predicted molar refractivity (Wildman–Crippen MR) is 45.9 cm³/mol. The molecule has 0 spiro atoms. The lowest BCUT2D eigenvalue weighted by molar-refractivity contribution is 0.777. The van der Waals surface area contributed by atoms with Gasteiger partial charge in [-0.15, -0.1) is 11.8 Å². The predicted octanol–water partition coefficient (Wildman–Crippen LogP) is 1.99. The van der Waals surface area contributed by atoms with Gasteiger partial charge in [0.05, 0.1) is 11.4 Å². The SMILES string of the molecule is Cc1cc2c(nn1)C(C)CS2. The van der Waals surface area contributed by atoms with Crippen LogP contribution in [0.2, 0.25) is 0 Å². The van der Waals surface area contributed by atoms with Crippen LogP contribution in [0.25, 0.3) is 0 Å². The molecule has 2 rings (SSSR count). The van der Waals surface area contributed by atoms with E-state index in [1.807, 2.05) is 18.7 Å². The second-order valence-corrected chi connectivity index (χ2v) is 4.01. The van der Waals surface area contributed by atoms with E-state index in [-0.39, 0.29) is 0 Å². The average molecular weight is 166 g/mol. The Balaban J connectivity index is 2.50. The third-order valence-electron chi connectivity index (χ3n) is 1.86. The van der Waals surface area contributed by atoms with Crippen molar-refractivity contribution in [1.82, 2.24) is 10.2 Å². The van der Waals surface area contributed by atoms with Crippen molar-refractivity contribution < 1.29 is 0 Å². The smallest absolute Gasteiger partial charge is 0.0803 e. The van der Waals surface area contributed by atoms with Gasteiger partial charge in [-0.05, 0) is 13.0 Å². The first-order chi connectivity index (χ1) is 5.27. The van der Waals surface area contributed by atoms with Crippen LogP contribution in [0.3, 0.4) is 0 Å². The molecule has 0 fully saturated rings. The molecule has 1 aliphatic heterocycles. The van der Waals surface area contributed by atoms with Gasteiger partial charge in [-0.2, -0.15) is 10.2 Å². The Morgan fingerprint density at radius 1 is 1.55 bits per heavy atom. The number of hydrogen-bond acceptors (Lipinski definition) is 3. The minimum Gasteiger partial charge on any atom is -0.156 e. The second-order valence-electron chi connectivity index (χ2n) is 2.95. The van der Waals surface area contributed by atoms with Gasteiger partial charge in [-0.25, -0.2) is 0 Å². The van der Waals surface area contributed by atoms with Gasteiger partial charge in [0.1, 0.15) is 0 Å². The molecule has 1 atom stereocenters. The summed E-state index contributed by atoms with van der Waals surface area (Å²) in [5.74, 6) is 1.75. The normalized spacial score (nSPS) is 21.8. The zero-order valence-corrected chi connectivity index (χ0v) is 7.48. The Labute approximate surface area is 70.4 Å². The van der Waals surface area contributed by atoms with E-state index in [4.69, 9.17) is 0 Å². The molecule has 0 radical (unpaired) electrons. The molecule has 2 nitrogen and oxygen atoms in total. The first-order valence-electron chi connectivity index (χ1n) is 3.74. The summed E-state index contributed by atoms with van der Waals surface area (Å²) in [6.45, 7) is 4.18. The molecule has 3 heteroatoms. The molecule has 0 N–H and O–H groups in total. The largest absolute Gasteiger partial charge is 0.156 e. The highest BCUT2D eigenvalue weighted by Crippen LogP contribution is 2.37. The summed E-state index contributed by atoms with van der Waals surface area (Å²) in [6, 6.07) is 2.12. The summed E-state index contributed by atoms with van der Waals surface area (Å²) in [4.78, 5) is 1.32. The van der Waals surface area contributed by atoms with E-state index in [9.17, 15) is 0 Å². The van der Waals surface area contributed by atoms with Crippen molar-refractivity contribution >= 4 is 11.8 Å². The molecule has 0 amide bonds. The Kier molecular flexibility index (Phi) is 1.60. The van der Waals surface area contributed by atoms with Crippen molar-refractivity contribution in [3.05, 3.63) is 17.5 Å². The maximum atomic E-state index is 4.17. The highest BCUT2D eigenvalue weighted by Gasteiger charge is 2.20. The molecule has 0 aliphatic carbocycles. The molecule has 1 aromatic rings. The van der Waals surface area contributed by atoms with Gasteiger partial charge < -0.3 is 0 Å². The minimum absolute atomic E-state index is 0.586. The Hall–Kier alpha value is -0.570. The summed E-state index contributed by atoms with van der Waals surface area (Å²) < 4.78 is 0. The number of hydrogen-bond donors (Lipinski definition) is 0. The summed E-state index contributed by atoms with van der Waals surface area (Å²) >= 11 is 1.89. The van der Waals surface area contributed by atoms with E-state index >= 15 is 0 Å². The lowest BCUT2D eigenvalue weighted by Gasteiger charge is -1.99. The van der Waals surface area contributed by atoms with Crippen molar-refractivity contribution in [3.63, 3.8) is 0 Å². The first kappa shape index (κ1) is 7.10. The highest BCUT2D eigenvalue weighted by molar-refractivity contribution is 7.99. The Morgan fingerprint density at radius 3 is 3.18 bits per heavy atom. The van der Waals surface area contributed by atoms with Crippen LogP contribution in [0.4, 0.5) is 0 Å². The van der Waals surface area contributed by atoms with Crippen LogP contribution in [0.5, 0.6) is 0 Å². The number of aryl methyl sites for hydroxylation is 1. The lowest BCUT2D eigenvalue weighted by Crippen LogP contribution is -1.96. The number of nitrogens with zero attached hydrogens (tertiary/aromatic N) is 2. The Morgan fingerprint density at radius 2 is 2.36 bits per heavy atom. The van der Waals surface area contributed by atoms with Crippen LogP contribution < -0.4 is 0 Å². The van der Waals surface area contributed by atoms with Crippen LogP contribution in [0.15, 0.2) is 11.0 Å². The van der Waals surface area contributed by atoms with Gasteiger partial charge in [-0.1, -0.05) is 6.92 Å². The van der Waals surface area contributed by atoms with Crippen LogP contribution in [-0.4, -0.2) is 16.0 Å². The fourth-order valence-electron chi connectivity index (χ4n) is 1.23. The third kappa shape index (κ3) is 1.13. The third-order valence-corrected chi connectivity index (χ3v) is 3.17. The molecular weight excluding hydrogens is 156 g/mol. The van der Waals surface area contributed by atoms with E-state index in [1.54, 1.807) is 0 Å². The maximum absolute atomic E-state index is 4.17. The van der Waals surface area contributed by atoms with Crippen LogP contribution in [-0.2, 0) is 0 Å². The average Bonchev–Trinajstić information content (AvgIpc) is 2.32. The quantitative estimate of drug-likeness (QED) is 0.589. The van der Waals surface area contributed by atoms with Gasteiger partial charge in [0, 0.05) is 16.6 Å². The van der Waals surface area contributed by atoms with Crippen molar-refractivity contribution in [2.75, 3.05) is 5.75 Å². The van der Waals surface area contributed by atoms with Gasteiger partial charge in [-0.3, -0.25) is 0 Å². The van der Waals surface area contributed by atoms with Gasteiger partial charge in [0.25, 0.3) is 0 Å². The fraction of sp³-hybridized carbons (Fsp3) is 0.500. The monoisotopic (exact) mass is 166 g/mol. The highest BCUT2D eigenvalue weighted by atomic mass is 32.2. The van der Waals surface area contributed by atoms with E-state index in [0.717, 1.165) is 11.4 Å². The molecule has 1 aromatic heterocycles. The molecule has 0 bridgehead atoms. The molecule has 1 aliphatic rings. The van der Waals surface area contributed by atoms with Gasteiger partial charge in [0.2, 0.25) is 0 Å². The summed E-state index contributed by atoms with van der Waals surface area (Å²) in [5.41, 5.74) is 2.20. The standard InChI is InChI=1S/C8H10N2S/c1-5-4-11-7-3-6(2)9-10-8(5)7/h3,5H,4H2,1-2H3. The van der Waals surface area contributed by atoms with Crippen LogP contribution in [0, 0.1) is 6.92 Å². The van der Waals surface area contributed by atoms with E-state index < -0.39 is 0 Å². The number of fused-ring (bicyclic) bond motifs is 1. The minimum atomic E-state index is 0.586. The van der Waals surface area contributed by atoms with Crippen LogP contribution in [0.1, 0.15) is 24.2 Å². The van der Waals surface area contributed by atoms with Crippen molar-refractivity contribution in [2.24, 2.45) is 0 Å². The topological polar surface area (TPSA) is 25.8 Å². The lowest BCUT2D eigenvalue weighted by atomic mass is 10.1. The molecule has 2 heterocycles. The van der Waals surface area contributed by atoms with Crippen molar-refractivity contribution in [3.8, 4) is 0 Å². The molecule has 0 aromatic carbocycles. The summed E-state index contributed by atoms with van der Waals surface area (Å²) in [6.07, 6.45) is 0. The molecule has 1 unspecified atom stereocenters. The zero-order valence-electron chi connectivity index (χ0n) is 6.66. The zero-order chi connectivity index (χ0) is 7.84. The number of aromatic nitrogens is 2. The maximum Gasteiger partial charge on any atom is 0.0803 e. The molecule has 58 valence electrons. The van der Waals surface area contributed by atoms with E-state index in [1.165, 1.54) is 10.6 Å². The van der Waals surface area contributed by atoms with Crippen molar-refractivity contribution in [1.29, 1.82) is 0 Å². The summed E-state index contributed by atoms with van der Waals surface area (Å²) in [5, 5.41) is 8.21. The fourth-order valence-corrected chi connectivity index (χ4v) is 2.46. The second kappa shape index (κ2) is 2.48. The molecule has 0 saturated carbocycles. The van der Waals surface area contributed by atoms with Gasteiger partial charge >= 0.3 is 0 Å². The van der Waals surface area contributed by atoms with Crippen molar-refractivity contribution in [2.45, 2.75) is 24.7 Å². The molecule has 0 saturated heterocycles. The molecular formula is C8H10N2S. The van der Waals surface area contributed by atoms with E-state index in [0.29, 0.717) is 5.92 Å². The number of thioether (sulfide) groups is 1. The molecule has 11 heavy (non-hydrogen) atoms. The Bertz CT molecular complexity index is 285. The van der Waals surface area contributed by atoms with E-state index in [2.05, 4.69) is 23.2 Å². The number of rotatable bonds is 0. The summed E-state index contributed by atoms with van der Waals surface area (Å²) in [7, 11) is 0.